The van der Waals surface area contributed by atoms with E-state index in [1.807, 2.05) is 68.4 Å². The predicted molar refractivity (Wildman–Crippen MR) is 120 cm³/mol. The van der Waals surface area contributed by atoms with Crippen molar-refractivity contribution in [3.8, 4) is 5.69 Å². The summed E-state index contributed by atoms with van der Waals surface area (Å²) in [5.74, 6) is 0.187. The SMILES string of the molecule is Cc1ccc(-n2nnc(C(=O)NC(C)c3ccccc3)c2CSc2ncccn2)cc1. The third kappa shape index (κ3) is 4.97. The molecule has 2 aromatic heterocycles. The Morgan fingerprint density at radius 1 is 1.03 bits per heavy atom. The summed E-state index contributed by atoms with van der Waals surface area (Å²) in [4.78, 5) is 21.6. The number of carbonyl (C=O) groups excluding carboxylic acids is 1. The lowest BCUT2D eigenvalue weighted by Crippen LogP contribution is -2.28. The summed E-state index contributed by atoms with van der Waals surface area (Å²) in [5.41, 5.74) is 4.01. The first kappa shape index (κ1) is 20.7. The van der Waals surface area contributed by atoms with E-state index in [4.69, 9.17) is 0 Å². The molecule has 156 valence electrons. The van der Waals surface area contributed by atoms with E-state index in [2.05, 4.69) is 25.6 Å². The van der Waals surface area contributed by atoms with Gasteiger partial charge in [0.2, 0.25) is 0 Å². The molecular weight excluding hydrogens is 408 g/mol. The van der Waals surface area contributed by atoms with Crippen molar-refractivity contribution >= 4 is 17.7 Å². The van der Waals surface area contributed by atoms with E-state index >= 15 is 0 Å². The molecule has 0 aliphatic rings. The molecule has 1 amide bonds. The van der Waals surface area contributed by atoms with Gasteiger partial charge >= 0.3 is 0 Å². The lowest BCUT2D eigenvalue weighted by Gasteiger charge is -2.14. The molecule has 1 atom stereocenters. The number of nitrogens with zero attached hydrogens (tertiary/aromatic N) is 5. The number of aromatic nitrogens is 5. The summed E-state index contributed by atoms with van der Waals surface area (Å²) in [6.07, 6.45) is 3.39. The van der Waals surface area contributed by atoms with Gasteiger partial charge in [-0.05, 0) is 37.6 Å². The Morgan fingerprint density at radius 3 is 2.45 bits per heavy atom. The zero-order chi connectivity index (χ0) is 21.6. The molecule has 0 aliphatic carbocycles. The van der Waals surface area contributed by atoms with Crippen LogP contribution in [0.3, 0.4) is 0 Å². The highest BCUT2D eigenvalue weighted by Crippen LogP contribution is 2.23. The van der Waals surface area contributed by atoms with Crippen LogP contribution in [0.25, 0.3) is 5.69 Å². The number of carbonyl (C=O) groups is 1. The minimum Gasteiger partial charge on any atom is -0.344 e. The summed E-state index contributed by atoms with van der Waals surface area (Å²) >= 11 is 1.43. The Morgan fingerprint density at radius 2 is 1.74 bits per heavy atom. The van der Waals surface area contributed by atoms with Gasteiger partial charge in [-0.2, -0.15) is 0 Å². The third-order valence-corrected chi connectivity index (χ3v) is 5.67. The molecule has 0 aliphatic heterocycles. The van der Waals surface area contributed by atoms with Crippen molar-refractivity contribution in [2.24, 2.45) is 0 Å². The van der Waals surface area contributed by atoms with Crippen LogP contribution < -0.4 is 5.32 Å². The predicted octanol–water partition coefficient (Wildman–Crippen LogP) is 4.15. The molecule has 4 aromatic rings. The van der Waals surface area contributed by atoms with Gasteiger partial charge in [-0.1, -0.05) is 65.0 Å². The minimum atomic E-state index is -0.265. The third-order valence-electron chi connectivity index (χ3n) is 4.78. The van der Waals surface area contributed by atoms with Gasteiger partial charge in [0.15, 0.2) is 10.9 Å². The van der Waals surface area contributed by atoms with Gasteiger partial charge in [-0.25, -0.2) is 14.6 Å². The van der Waals surface area contributed by atoms with Gasteiger partial charge in [0.25, 0.3) is 5.91 Å². The maximum atomic E-state index is 13.1. The van der Waals surface area contributed by atoms with Gasteiger partial charge < -0.3 is 5.32 Å². The standard InChI is InChI=1S/C23H22N6OS/c1-16-9-11-19(12-10-16)29-20(15-31-23-24-13-6-14-25-23)21(27-28-29)22(30)26-17(2)18-7-4-3-5-8-18/h3-14,17H,15H2,1-2H3,(H,26,30). The number of hydrogen-bond acceptors (Lipinski definition) is 6. The molecule has 2 heterocycles. The lowest BCUT2D eigenvalue weighted by atomic mass is 10.1. The van der Waals surface area contributed by atoms with Gasteiger partial charge in [-0.15, -0.1) is 5.10 Å². The van der Waals surface area contributed by atoms with Crippen molar-refractivity contribution in [3.05, 3.63) is 95.6 Å². The fraction of sp³-hybridized carbons (Fsp3) is 0.174. The molecule has 0 spiro atoms. The highest BCUT2D eigenvalue weighted by molar-refractivity contribution is 7.98. The molecular formula is C23H22N6OS. The summed E-state index contributed by atoms with van der Waals surface area (Å²) < 4.78 is 1.71. The smallest absolute Gasteiger partial charge is 0.274 e. The molecule has 0 radical (unpaired) electrons. The van der Waals surface area contributed by atoms with Crippen molar-refractivity contribution in [1.29, 1.82) is 0 Å². The Hall–Kier alpha value is -3.52. The minimum absolute atomic E-state index is 0.156. The van der Waals surface area contributed by atoms with Gasteiger partial charge in [-0.3, -0.25) is 4.79 Å². The number of benzene rings is 2. The van der Waals surface area contributed by atoms with E-state index < -0.39 is 0 Å². The van der Waals surface area contributed by atoms with Crippen molar-refractivity contribution < 1.29 is 4.79 Å². The lowest BCUT2D eigenvalue weighted by molar-refractivity contribution is 0.0934. The molecule has 31 heavy (non-hydrogen) atoms. The van der Waals surface area contributed by atoms with E-state index in [0.29, 0.717) is 22.3 Å². The van der Waals surface area contributed by atoms with E-state index in [1.54, 1.807) is 23.1 Å². The van der Waals surface area contributed by atoms with Crippen molar-refractivity contribution in [1.82, 2.24) is 30.3 Å². The maximum Gasteiger partial charge on any atom is 0.274 e. The van der Waals surface area contributed by atoms with Crippen LogP contribution in [0.2, 0.25) is 0 Å². The zero-order valence-corrected chi connectivity index (χ0v) is 18.1. The number of nitrogens with one attached hydrogen (secondary N) is 1. The average molecular weight is 431 g/mol. The van der Waals surface area contributed by atoms with Crippen LogP contribution in [0, 0.1) is 6.92 Å². The van der Waals surface area contributed by atoms with Gasteiger partial charge in [0.05, 0.1) is 17.4 Å². The number of aryl methyl sites for hydroxylation is 1. The largest absolute Gasteiger partial charge is 0.344 e. The molecule has 0 fully saturated rings. The molecule has 1 N–H and O–H groups in total. The fourth-order valence-corrected chi connectivity index (χ4v) is 3.88. The maximum absolute atomic E-state index is 13.1. The van der Waals surface area contributed by atoms with Crippen molar-refractivity contribution in [2.45, 2.75) is 30.8 Å². The number of thioether (sulfide) groups is 1. The first-order valence-corrected chi connectivity index (χ1v) is 10.9. The first-order chi connectivity index (χ1) is 15.1. The van der Waals surface area contributed by atoms with Crippen LogP contribution in [0.4, 0.5) is 0 Å². The zero-order valence-electron chi connectivity index (χ0n) is 17.3. The van der Waals surface area contributed by atoms with E-state index in [-0.39, 0.29) is 11.9 Å². The Labute approximate surface area is 184 Å². The number of hydrogen-bond donors (Lipinski definition) is 1. The summed E-state index contributed by atoms with van der Waals surface area (Å²) in [5, 5.41) is 12.2. The monoisotopic (exact) mass is 430 g/mol. The quantitative estimate of drug-likeness (QED) is 0.350. The van der Waals surface area contributed by atoms with Crippen LogP contribution >= 0.6 is 11.8 Å². The fourth-order valence-electron chi connectivity index (χ4n) is 3.08. The van der Waals surface area contributed by atoms with E-state index in [0.717, 1.165) is 16.8 Å². The Kier molecular flexibility index (Phi) is 6.37. The molecule has 8 heteroatoms. The van der Waals surface area contributed by atoms with Crippen LogP contribution in [0.1, 0.15) is 40.3 Å². The summed E-state index contributed by atoms with van der Waals surface area (Å²) in [6.45, 7) is 3.97. The Bertz CT molecular complexity index is 1150. The normalized spacial score (nSPS) is 11.8. The highest BCUT2D eigenvalue weighted by Gasteiger charge is 2.22. The molecule has 4 rings (SSSR count). The second-order valence-electron chi connectivity index (χ2n) is 7.06. The second-order valence-corrected chi connectivity index (χ2v) is 8.00. The topological polar surface area (TPSA) is 85.6 Å². The number of rotatable bonds is 7. The average Bonchev–Trinajstić information content (AvgIpc) is 3.23. The van der Waals surface area contributed by atoms with Crippen LogP contribution in [-0.2, 0) is 5.75 Å². The van der Waals surface area contributed by atoms with Crippen LogP contribution in [0.15, 0.2) is 78.2 Å². The van der Waals surface area contributed by atoms with Crippen molar-refractivity contribution in [2.75, 3.05) is 0 Å². The van der Waals surface area contributed by atoms with Gasteiger partial charge in [0, 0.05) is 18.1 Å². The first-order valence-electron chi connectivity index (χ1n) is 9.89. The Balaban J connectivity index is 1.62. The van der Waals surface area contributed by atoms with Crippen LogP contribution in [0.5, 0.6) is 0 Å². The molecule has 7 nitrogen and oxygen atoms in total. The van der Waals surface area contributed by atoms with E-state index in [9.17, 15) is 4.79 Å². The molecule has 0 saturated carbocycles. The summed E-state index contributed by atoms with van der Waals surface area (Å²) in [6, 6.07) is 19.4. The molecule has 2 aromatic carbocycles. The number of amides is 1. The van der Waals surface area contributed by atoms with E-state index in [1.165, 1.54) is 11.8 Å². The molecule has 0 bridgehead atoms. The molecule has 1 unspecified atom stereocenters. The summed E-state index contributed by atoms with van der Waals surface area (Å²) in [7, 11) is 0. The van der Waals surface area contributed by atoms with Gasteiger partial charge in [0.1, 0.15) is 0 Å². The highest BCUT2D eigenvalue weighted by atomic mass is 32.2. The van der Waals surface area contributed by atoms with Crippen molar-refractivity contribution in [3.63, 3.8) is 0 Å². The second kappa shape index (κ2) is 9.53. The van der Waals surface area contributed by atoms with Crippen LogP contribution in [-0.4, -0.2) is 30.9 Å². The molecule has 0 saturated heterocycles.